The molecule has 2 fully saturated rings. The molecule has 5 N–H and O–H groups in total. The van der Waals surface area contributed by atoms with Crippen LogP contribution in [0.5, 0.6) is 23.0 Å². The van der Waals surface area contributed by atoms with Gasteiger partial charge < -0.3 is 44.7 Å². The Morgan fingerprint density at radius 1 is 0.659 bits per heavy atom. The van der Waals surface area contributed by atoms with Crippen molar-refractivity contribution in [2.24, 2.45) is 21.8 Å². The molecule has 1 saturated heterocycles. The fourth-order valence-corrected chi connectivity index (χ4v) is 14.3. The van der Waals surface area contributed by atoms with Crippen LogP contribution in [0.1, 0.15) is 119 Å². The van der Waals surface area contributed by atoms with Crippen LogP contribution in [0.3, 0.4) is 0 Å². The van der Waals surface area contributed by atoms with Gasteiger partial charge in [0.25, 0.3) is 11.8 Å². The van der Waals surface area contributed by atoms with Gasteiger partial charge in [-0.05, 0) is 106 Å². The van der Waals surface area contributed by atoms with Crippen LogP contribution in [0.15, 0.2) is 76.5 Å². The molecule has 3 aromatic rings. The van der Waals surface area contributed by atoms with Gasteiger partial charge in [0, 0.05) is 80.0 Å². The van der Waals surface area contributed by atoms with Gasteiger partial charge in [-0.15, -0.1) is 0 Å². The van der Waals surface area contributed by atoms with Crippen LogP contribution < -0.4 is 44.3 Å². The summed E-state index contributed by atoms with van der Waals surface area (Å²) in [4.78, 5) is 133. The number of imide groups is 1. The predicted octanol–water partition coefficient (Wildman–Crippen LogP) is 7.25. The van der Waals surface area contributed by atoms with Crippen LogP contribution in [-0.4, -0.2) is 172 Å². The SMILES string of the molecule is COc1cc2c(cc1OCCCOc1cc3c(cc1OC)C(=O)N1C=C(C4CC4)C[C@@H]1C=N3)N=C[C@H]1CC(c3ccc(NC(=O)[C@@H](C)NC(=O)[C@H](NC(=O)CCCCCN4C(=O)C(SN[C@@H](CS)C(C)=O)C(SN[C@@H](CS)C(C)=O)C4=O)C(C)C)cc3)=CN1C2=O. The predicted molar refractivity (Wildman–Crippen MR) is 356 cm³/mol. The molecule has 0 aromatic heterocycles. The Balaban J connectivity index is 0.709. The van der Waals surface area contributed by atoms with Gasteiger partial charge in [0.1, 0.15) is 34.2 Å². The summed E-state index contributed by atoms with van der Waals surface area (Å²) in [6.45, 7) is 8.53. The summed E-state index contributed by atoms with van der Waals surface area (Å²) in [6.07, 6.45) is 12.8. The van der Waals surface area contributed by atoms with E-state index in [2.05, 4.69) is 50.7 Å². The van der Waals surface area contributed by atoms with Gasteiger partial charge in [-0.2, -0.15) is 25.3 Å². The zero-order chi connectivity index (χ0) is 65.2. The number of ether oxygens (including phenoxy) is 4. The number of likely N-dealkylation sites (tertiary alicyclic amines) is 1. The van der Waals surface area contributed by atoms with E-state index in [0.717, 1.165) is 41.5 Å². The lowest BCUT2D eigenvalue weighted by Gasteiger charge is -2.24. The number of methoxy groups -OCH3 is 2. The molecule has 486 valence electrons. The maximum Gasteiger partial charge on any atom is 0.260 e. The van der Waals surface area contributed by atoms with Gasteiger partial charge in [-0.25, -0.2) is 0 Å². The molecule has 8 atom stereocenters. The summed E-state index contributed by atoms with van der Waals surface area (Å²) in [5.74, 6) is -0.715. The first-order valence-corrected chi connectivity index (χ1v) is 33.5. The van der Waals surface area contributed by atoms with Crippen molar-refractivity contribution in [3.8, 4) is 23.0 Å². The van der Waals surface area contributed by atoms with E-state index in [-0.39, 0.29) is 85.0 Å². The van der Waals surface area contributed by atoms with Crippen molar-refractivity contribution in [2.45, 2.75) is 139 Å². The zero-order valence-corrected chi connectivity index (χ0v) is 55.3. The third-order valence-corrected chi connectivity index (χ3v) is 19.7. The number of rotatable bonds is 32. The third-order valence-electron chi connectivity index (χ3n) is 16.5. The number of carbonyl (C=O) groups is 9. The number of thiol groups is 2. The number of fused-ring (bicyclic) bond motifs is 4. The van der Waals surface area contributed by atoms with E-state index in [1.807, 2.05) is 24.5 Å². The van der Waals surface area contributed by atoms with Crippen molar-refractivity contribution in [2.75, 3.05) is 50.8 Å². The lowest BCUT2D eigenvalue weighted by atomic mass is 10.0. The van der Waals surface area contributed by atoms with E-state index >= 15 is 0 Å². The molecule has 0 radical (unpaired) electrons. The number of unbranched alkanes of at least 4 members (excludes halogenated alkanes) is 2. The summed E-state index contributed by atoms with van der Waals surface area (Å²) in [5, 5.41) is 6.58. The van der Waals surface area contributed by atoms with E-state index in [1.165, 1.54) is 51.4 Å². The first-order valence-electron chi connectivity index (χ1n) is 30.5. The Labute approximate surface area is 548 Å². The van der Waals surface area contributed by atoms with E-state index < -0.39 is 58.3 Å². The fraction of sp³-hybridized carbons (Fsp3) is 0.484. The second-order valence-corrected chi connectivity index (χ2v) is 26.2. The van der Waals surface area contributed by atoms with Crippen LogP contribution in [0, 0.1) is 11.8 Å². The van der Waals surface area contributed by atoms with E-state index in [4.69, 9.17) is 28.9 Å². The van der Waals surface area contributed by atoms with Gasteiger partial charge in [0.2, 0.25) is 29.5 Å². The van der Waals surface area contributed by atoms with Crippen LogP contribution >= 0.6 is 49.2 Å². The second-order valence-electron chi connectivity index (χ2n) is 23.5. The molecule has 0 bridgehead atoms. The molecule has 3 aromatic carbocycles. The van der Waals surface area contributed by atoms with Gasteiger partial charge in [0.15, 0.2) is 23.0 Å². The molecular weight excluding hydrogens is 1250 g/mol. The Morgan fingerprint density at radius 2 is 1.20 bits per heavy atom. The van der Waals surface area contributed by atoms with Crippen molar-refractivity contribution >= 4 is 137 Å². The van der Waals surface area contributed by atoms with Gasteiger partial charge in [0.05, 0.1) is 74.1 Å². The first-order chi connectivity index (χ1) is 43.7. The molecule has 9 rings (SSSR count). The van der Waals surface area contributed by atoms with Crippen LogP contribution in [0.2, 0.25) is 0 Å². The smallest absolute Gasteiger partial charge is 0.260 e. The molecule has 5 aliphatic heterocycles. The molecule has 7 amide bonds. The third kappa shape index (κ3) is 16.4. The number of nitrogens with one attached hydrogen (secondary N) is 5. The minimum atomic E-state index is -0.975. The number of Topliss-reactive ketones (excluding diaryl/α,β-unsaturated/α-hetero) is 2. The number of benzene rings is 3. The minimum Gasteiger partial charge on any atom is -0.493 e. The lowest BCUT2D eigenvalue weighted by Crippen LogP contribution is -2.53. The van der Waals surface area contributed by atoms with Crippen molar-refractivity contribution in [1.82, 2.24) is 34.8 Å². The summed E-state index contributed by atoms with van der Waals surface area (Å²) in [7, 11) is 3.04. The van der Waals surface area contributed by atoms with Gasteiger partial charge in [-0.1, -0.05) is 56.3 Å². The number of carbonyl (C=O) groups excluding carboxylic acids is 9. The fourth-order valence-electron chi connectivity index (χ4n) is 11.0. The van der Waals surface area contributed by atoms with E-state index in [1.54, 1.807) is 79.4 Å². The minimum absolute atomic E-state index is 0.0677. The van der Waals surface area contributed by atoms with Crippen molar-refractivity contribution in [1.29, 1.82) is 0 Å². The van der Waals surface area contributed by atoms with Gasteiger partial charge >= 0.3 is 0 Å². The highest BCUT2D eigenvalue weighted by Crippen LogP contribution is 2.45. The molecule has 1 saturated carbocycles. The Bertz CT molecular complexity index is 3390. The Morgan fingerprint density at radius 3 is 1.70 bits per heavy atom. The number of hydrogen-bond acceptors (Lipinski definition) is 21. The first kappa shape index (κ1) is 68.2. The van der Waals surface area contributed by atoms with Crippen LogP contribution in [0.25, 0.3) is 5.57 Å². The molecule has 23 nitrogen and oxygen atoms in total. The standard InChI is InChI=1S/C64H78N10O13S4/c1-34(2)56(69-55(77)12-9-8-10-19-72-63(82)57(90-70-49(32-88)36(4)75)58(64(72)83)91-71-50(33-89)37(5)76)60(79)67-35(3)59(78)68-42-17-15-39(16-18-42)41-23-44-29-66-48-27-54(52(85-7)25-46(48)62(81)74(44)31-41)87-21-11-20-86-53-26-47-45(24-51(53)84-6)61(80)73-30-40(38-13-14-38)22-43(73)28-65-47/h15-18,24-31,34-35,38,43-44,49-50,56-58,70-71,88-89H,8-14,19-23,32-33H2,1-7H3,(H,67,79)(H,68,78)(H,69,77)/t35-,43-,44-,49+,50+,56-,57?,58?/m1/s1. The largest absolute Gasteiger partial charge is 0.493 e. The highest BCUT2D eigenvalue weighted by molar-refractivity contribution is 8.03. The molecule has 2 unspecified atom stereocenters. The summed E-state index contributed by atoms with van der Waals surface area (Å²) in [5.41, 5.74) is 5.25. The topological polar surface area (TPSA) is 285 Å². The molecule has 0 spiro atoms. The highest BCUT2D eigenvalue weighted by atomic mass is 32.2. The average molecular weight is 1320 g/mol. The van der Waals surface area contributed by atoms with Crippen LogP contribution in [0.4, 0.5) is 17.1 Å². The zero-order valence-electron chi connectivity index (χ0n) is 51.9. The maximum absolute atomic E-state index is 14.2. The monoisotopic (exact) mass is 1320 g/mol. The van der Waals surface area contributed by atoms with E-state index in [9.17, 15) is 43.2 Å². The molecule has 6 aliphatic rings. The van der Waals surface area contributed by atoms with Crippen molar-refractivity contribution in [3.63, 3.8) is 0 Å². The number of amides is 7. The normalized spacial score (nSPS) is 20.3. The summed E-state index contributed by atoms with van der Waals surface area (Å²) >= 11 is 10.4. The number of aliphatic imine (C=N–C) groups is 2. The Hall–Kier alpha value is -7.17. The molecule has 91 heavy (non-hydrogen) atoms. The highest BCUT2D eigenvalue weighted by Gasteiger charge is 2.49. The number of nitrogens with zero attached hydrogens (tertiary/aromatic N) is 5. The molecule has 1 aliphatic carbocycles. The molecule has 27 heteroatoms. The van der Waals surface area contributed by atoms with E-state index in [0.29, 0.717) is 89.2 Å². The number of hydrogen-bond donors (Lipinski definition) is 7. The lowest BCUT2D eigenvalue weighted by molar-refractivity contribution is -0.138. The molecular formula is C64H78N10O13S4. The quantitative estimate of drug-likeness (QED) is 0.0140. The average Bonchev–Trinajstić information content (AvgIpc) is 1.79. The van der Waals surface area contributed by atoms with Crippen molar-refractivity contribution < 1.29 is 62.1 Å². The maximum atomic E-state index is 14.2. The van der Waals surface area contributed by atoms with Gasteiger partial charge in [-0.3, -0.25) is 67.5 Å². The van der Waals surface area contributed by atoms with Crippen molar-refractivity contribution in [3.05, 3.63) is 83.2 Å². The summed E-state index contributed by atoms with van der Waals surface area (Å²) < 4.78 is 29.6. The second kappa shape index (κ2) is 31.0. The number of anilines is 1. The Kier molecular flexibility index (Phi) is 23.2. The van der Waals surface area contributed by atoms with Crippen LogP contribution in [-0.2, 0) is 33.6 Å². The number of ketones is 2. The summed E-state index contributed by atoms with van der Waals surface area (Å²) in [6, 6.07) is 10.2. The molecule has 5 heterocycles.